The fourth-order valence-electron chi connectivity index (χ4n) is 1.95. The number of carbonyl (C=O) groups excluding carboxylic acids is 1. The number of nitro benzene ring substituents is 1. The summed E-state index contributed by atoms with van der Waals surface area (Å²) in [6.45, 7) is -0.827. The van der Waals surface area contributed by atoms with Gasteiger partial charge in [-0.3, -0.25) is 19.6 Å². The summed E-state index contributed by atoms with van der Waals surface area (Å²) >= 11 is 5.63. The van der Waals surface area contributed by atoms with Gasteiger partial charge in [-0.15, -0.1) is 0 Å². The third kappa shape index (κ3) is 4.44. The first kappa shape index (κ1) is 18.6. The highest BCUT2D eigenvalue weighted by atomic mass is 35.5. The number of benzene rings is 1. The van der Waals surface area contributed by atoms with Crippen LogP contribution in [0.25, 0.3) is 0 Å². The zero-order valence-electron chi connectivity index (χ0n) is 12.1. The van der Waals surface area contributed by atoms with Gasteiger partial charge >= 0.3 is 0 Å². The smallest absolute Gasteiger partial charge is 0.294 e. The van der Waals surface area contributed by atoms with Crippen LogP contribution < -0.4 is 5.32 Å². The molecular formula is C13H9ClF4N4O3. The second kappa shape index (κ2) is 7.47. The Bertz CT molecular complexity index is 813. The van der Waals surface area contributed by atoms with E-state index in [1.165, 1.54) is 6.07 Å². The average molecular weight is 381 g/mol. The van der Waals surface area contributed by atoms with Gasteiger partial charge < -0.3 is 5.32 Å². The molecule has 1 amide bonds. The van der Waals surface area contributed by atoms with Gasteiger partial charge in [0.1, 0.15) is 23.6 Å². The van der Waals surface area contributed by atoms with Crippen LogP contribution >= 0.6 is 11.6 Å². The first-order valence-corrected chi connectivity index (χ1v) is 6.94. The molecule has 1 heterocycles. The van der Waals surface area contributed by atoms with Crippen LogP contribution in [0.2, 0.25) is 5.02 Å². The summed E-state index contributed by atoms with van der Waals surface area (Å²) in [6, 6.07) is 3.91. The lowest BCUT2D eigenvalue weighted by atomic mass is 10.2. The fraction of sp³-hybridized carbons (Fsp3) is 0.231. The van der Waals surface area contributed by atoms with Crippen molar-refractivity contribution in [3.63, 3.8) is 0 Å². The van der Waals surface area contributed by atoms with Gasteiger partial charge in [-0.1, -0.05) is 11.6 Å². The van der Waals surface area contributed by atoms with Crippen LogP contribution in [0.3, 0.4) is 0 Å². The van der Waals surface area contributed by atoms with Gasteiger partial charge in [0.15, 0.2) is 0 Å². The molecule has 1 aromatic heterocycles. The van der Waals surface area contributed by atoms with Crippen molar-refractivity contribution in [1.29, 1.82) is 0 Å². The molecule has 7 nitrogen and oxygen atoms in total. The van der Waals surface area contributed by atoms with Crippen molar-refractivity contribution in [2.24, 2.45) is 0 Å². The SMILES string of the molecule is O=C(Cn1nc(C(F)F)cc1C(F)F)Nc1ccc(Cl)cc1[N+](=O)[O-]. The summed E-state index contributed by atoms with van der Waals surface area (Å²) in [5, 5.41) is 16.4. The number of halogens is 5. The molecule has 0 aliphatic heterocycles. The predicted molar refractivity (Wildman–Crippen MR) is 78.9 cm³/mol. The van der Waals surface area contributed by atoms with Gasteiger partial charge in [0.25, 0.3) is 18.5 Å². The monoisotopic (exact) mass is 380 g/mol. The topological polar surface area (TPSA) is 90.1 Å². The van der Waals surface area contributed by atoms with E-state index in [9.17, 15) is 32.5 Å². The molecule has 0 unspecified atom stereocenters. The zero-order valence-corrected chi connectivity index (χ0v) is 12.9. The molecule has 0 radical (unpaired) electrons. The number of hydrogen-bond donors (Lipinski definition) is 1. The first-order valence-electron chi connectivity index (χ1n) is 6.56. The highest BCUT2D eigenvalue weighted by Gasteiger charge is 2.23. The van der Waals surface area contributed by atoms with E-state index < -0.39 is 47.3 Å². The number of hydrogen-bond acceptors (Lipinski definition) is 4. The Morgan fingerprint density at radius 2 is 1.96 bits per heavy atom. The standard InChI is InChI=1S/C13H9ClF4N4O3/c14-6-1-2-7(9(3-6)22(24)25)19-11(23)5-21-10(13(17)18)4-8(20-21)12(15)16/h1-4,12-13H,5H2,(H,19,23). The van der Waals surface area contributed by atoms with Crippen molar-refractivity contribution in [2.75, 3.05) is 5.32 Å². The average Bonchev–Trinajstić information content (AvgIpc) is 2.93. The van der Waals surface area contributed by atoms with Crippen LogP contribution in [0.1, 0.15) is 24.2 Å². The molecule has 0 spiro atoms. The van der Waals surface area contributed by atoms with E-state index in [-0.39, 0.29) is 10.7 Å². The quantitative estimate of drug-likeness (QED) is 0.466. The first-order chi connectivity index (χ1) is 11.7. The van der Waals surface area contributed by atoms with Crippen LogP contribution in [0.4, 0.5) is 28.9 Å². The van der Waals surface area contributed by atoms with Crippen molar-refractivity contribution in [2.45, 2.75) is 19.4 Å². The summed E-state index contributed by atoms with van der Waals surface area (Å²) in [5.74, 6) is -0.962. The Labute approximate surface area is 142 Å². The van der Waals surface area contributed by atoms with E-state index in [2.05, 4.69) is 10.4 Å². The molecule has 0 saturated carbocycles. The summed E-state index contributed by atoms with van der Waals surface area (Å²) in [6.07, 6.45) is -6.21. The van der Waals surface area contributed by atoms with E-state index >= 15 is 0 Å². The maximum atomic E-state index is 12.9. The van der Waals surface area contributed by atoms with E-state index in [0.29, 0.717) is 10.7 Å². The van der Waals surface area contributed by atoms with Crippen LogP contribution in [0.15, 0.2) is 24.3 Å². The van der Waals surface area contributed by atoms with Crippen LogP contribution in [-0.2, 0) is 11.3 Å². The van der Waals surface area contributed by atoms with Crippen molar-refractivity contribution in [3.8, 4) is 0 Å². The lowest BCUT2D eigenvalue weighted by Crippen LogP contribution is -2.21. The molecule has 0 atom stereocenters. The maximum Gasteiger partial charge on any atom is 0.294 e. The number of alkyl halides is 4. The second-order valence-corrected chi connectivity index (χ2v) is 5.16. The molecule has 12 heteroatoms. The molecule has 0 fully saturated rings. The van der Waals surface area contributed by atoms with Crippen molar-refractivity contribution < 1.29 is 27.3 Å². The summed E-state index contributed by atoms with van der Waals surface area (Å²) in [7, 11) is 0. The Hall–Kier alpha value is -2.69. The van der Waals surface area contributed by atoms with Gasteiger partial charge in [-0.25, -0.2) is 17.6 Å². The van der Waals surface area contributed by atoms with Gasteiger partial charge in [0.2, 0.25) is 5.91 Å². The molecule has 0 aliphatic rings. The highest BCUT2D eigenvalue weighted by molar-refractivity contribution is 6.31. The van der Waals surface area contributed by atoms with E-state index in [1.807, 2.05) is 0 Å². The fourth-order valence-corrected chi connectivity index (χ4v) is 2.11. The van der Waals surface area contributed by atoms with E-state index in [4.69, 9.17) is 11.6 Å². The number of carbonyl (C=O) groups is 1. The number of nitrogens with zero attached hydrogens (tertiary/aromatic N) is 3. The van der Waals surface area contributed by atoms with Gasteiger partial charge in [0, 0.05) is 11.1 Å². The lowest BCUT2D eigenvalue weighted by Gasteiger charge is -2.08. The number of anilines is 1. The zero-order chi connectivity index (χ0) is 18.7. The predicted octanol–water partition coefficient (Wildman–Crippen LogP) is 3.96. The molecule has 2 aromatic rings. The Kier molecular flexibility index (Phi) is 5.57. The summed E-state index contributed by atoms with van der Waals surface area (Å²) in [5.41, 5.74) is -2.50. The molecule has 25 heavy (non-hydrogen) atoms. The lowest BCUT2D eigenvalue weighted by molar-refractivity contribution is -0.383. The van der Waals surface area contributed by atoms with Crippen LogP contribution in [-0.4, -0.2) is 20.6 Å². The molecule has 2 rings (SSSR count). The Morgan fingerprint density at radius 3 is 2.52 bits per heavy atom. The number of aromatic nitrogens is 2. The summed E-state index contributed by atoms with van der Waals surface area (Å²) < 4.78 is 51.3. The molecule has 0 bridgehead atoms. The van der Waals surface area contributed by atoms with Gasteiger partial charge in [-0.2, -0.15) is 5.10 Å². The number of rotatable bonds is 6. The summed E-state index contributed by atoms with van der Waals surface area (Å²) in [4.78, 5) is 22.1. The molecule has 0 aliphatic carbocycles. The third-order valence-corrected chi connectivity index (χ3v) is 3.24. The van der Waals surface area contributed by atoms with Crippen molar-refractivity contribution in [3.05, 3.63) is 50.8 Å². The van der Waals surface area contributed by atoms with Crippen molar-refractivity contribution in [1.82, 2.24) is 9.78 Å². The van der Waals surface area contributed by atoms with Crippen LogP contribution in [0.5, 0.6) is 0 Å². The normalized spacial score (nSPS) is 11.2. The largest absolute Gasteiger partial charge is 0.319 e. The minimum absolute atomic E-state index is 0.0540. The molecule has 1 aromatic carbocycles. The van der Waals surface area contributed by atoms with E-state index in [1.54, 1.807) is 0 Å². The molecule has 0 saturated heterocycles. The number of amides is 1. The van der Waals surface area contributed by atoms with Crippen molar-refractivity contribution >= 4 is 28.9 Å². The molecule has 1 N–H and O–H groups in total. The van der Waals surface area contributed by atoms with Crippen LogP contribution in [0, 0.1) is 10.1 Å². The molecular weight excluding hydrogens is 372 g/mol. The van der Waals surface area contributed by atoms with Gasteiger partial charge in [0.05, 0.1) is 4.92 Å². The van der Waals surface area contributed by atoms with E-state index in [0.717, 1.165) is 12.1 Å². The Morgan fingerprint density at radius 1 is 1.28 bits per heavy atom. The maximum absolute atomic E-state index is 12.9. The highest BCUT2D eigenvalue weighted by Crippen LogP contribution is 2.28. The number of nitrogens with one attached hydrogen (secondary N) is 1. The molecule has 134 valence electrons. The Balaban J connectivity index is 2.23. The minimum Gasteiger partial charge on any atom is -0.319 e. The number of nitro groups is 1. The second-order valence-electron chi connectivity index (χ2n) is 4.72. The minimum atomic E-state index is -3.13. The van der Waals surface area contributed by atoms with Gasteiger partial charge in [-0.05, 0) is 18.2 Å². The third-order valence-electron chi connectivity index (χ3n) is 3.00.